The van der Waals surface area contributed by atoms with E-state index in [1.54, 1.807) is 24.5 Å². The number of halogens is 1. The number of pyridine rings is 1. The summed E-state index contributed by atoms with van der Waals surface area (Å²) in [5.74, 6) is 0.0748. The fourth-order valence-corrected chi connectivity index (χ4v) is 3.54. The molecule has 1 fully saturated rings. The maximum Gasteiger partial charge on any atom is 0.314 e. The largest absolute Gasteiger partial charge is 0.473 e. The van der Waals surface area contributed by atoms with Crippen molar-refractivity contribution >= 4 is 17.1 Å². The third-order valence-electron chi connectivity index (χ3n) is 5.20. The average Bonchev–Trinajstić information content (AvgIpc) is 2.77. The molecule has 0 bridgehead atoms. The second-order valence-electron chi connectivity index (χ2n) is 7.72. The van der Waals surface area contributed by atoms with Crippen molar-refractivity contribution in [3.8, 4) is 17.1 Å². The Balaban J connectivity index is 1.63. The lowest BCUT2D eigenvalue weighted by atomic mass is 9.99. The first kappa shape index (κ1) is 20.9. The highest BCUT2D eigenvalue weighted by atomic mass is 19.1. The molecule has 9 heteroatoms. The third-order valence-corrected chi connectivity index (χ3v) is 5.20. The molecule has 31 heavy (non-hydrogen) atoms. The van der Waals surface area contributed by atoms with Gasteiger partial charge in [0, 0.05) is 24.5 Å². The van der Waals surface area contributed by atoms with E-state index in [9.17, 15) is 9.18 Å². The minimum Gasteiger partial charge on any atom is -0.473 e. The molecule has 1 atom stereocenters. The molecular formula is C22H24FN5O3. The molecule has 0 radical (unpaired) electrons. The fourth-order valence-electron chi connectivity index (χ4n) is 3.54. The normalized spacial score (nSPS) is 16.6. The van der Waals surface area contributed by atoms with E-state index in [0.29, 0.717) is 47.6 Å². The highest BCUT2D eigenvalue weighted by molar-refractivity contribution is 5.83. The molecule has 2 aromatic heterocycles. The van der Waals surface area contributed by atoms with Gasteiger partial charge in [-0.05, 0) is 23.6 Å². The summed E-state index contributed by atoms with van der Waals surface area (Å²) in [7, 11) is 0. The van der Waals surface area contributed by atoms with Gasteiger partial charge in [-0.25, -0.2) is 19.2 Å². The number of primary amides is 1. The number of ether oxygens (including phenoxy) is 2. The van der Waals surface area contributed by atoms with E-state index in [1.165, 1.54) is 11.0 Å². The first-order chi connectivity index (χ1) is 14.9. The maximum absolute atomic E-state index is 14.5. The van der Waals surface area contributed by atoms with Gasteiger partial charge in [0.1, 0.15) is 18.5 Å². The number of carbonyl (C=O) groups excluding carboxylic acids is 1. The lowest BCUT2D eigenvalue weighted by molar-refractivity contribution is -0.0346. The molecule has 2 amide bonds. The van der Waals surface area contributed by atoms with Crippen molar-refractivity contribution in [3.63, 3.8) is 0 Å². The quantitative estimate of drug-likeness (QED) is 0.674. The summed E-state index contributed by atoms with van der Waals surface area (Å²) in [6, 6.07) is 6.34. The van der Waals surface area contributed by atoms with Gasteiger partial charge in [0.2, 0.25) is 5.88 Å². The summed E-state index contributed by atoms with van der Waals surface area (Å²) in [6.45, 7) is 5.21. The molecule has 8 nitrogen and oxygen atoms in total. The molecule has 1 saturated heterocycles. The topological polar surface area (TPSA) is 103 Å². The Bertz CT molecular complexity index is 1110. The van der Waals surface area contributed by atoms with Gasteiger partial charge in [-0.3, -0.25) is 4.98 Å². The van der Waals surface area contributed by atoms with Crippen molar-refractivity contribution in [2.75, 3.05) is 26.3 Å². The first-order valence-corrected chi connectivity index (χ1v) is 10.1. The molecule has 1 aromatic carbocycles. The zero-order valence-corrected chi connectivity index (χ0v) is 17.4. The van der Waals surface area contributed by atoms with Crippen LogP contribution < -0.4 is 10.5 Å². The highest BCUT2D eigenvalue weighted by Gasteiger charge is 2.24. The van der Waals surface area contributed by atoms with E-state index in [2.05, 4.69) is 15.0 Å². The Morgan fingerprint density at radius 1 is 1.32 bits per heavy atom. The number of carbonyl (C=O) groups is 1. The number of fused-ring (bicyclic) bond motifs is 1. The van der Waals surface area contributed by atoms with Crippen molar-refractivity contribution in [3.05, 3.63) is 48.0 Å². The molecule has 162 valence electrons. The van der Waals surface area contributed by atoms with E-state index in [0.717, 1.165) is 0 Å². The summed E-state index contributed by atoms with van der Waals surface area (Å²) in [5.41, 5.74) is 8.24. The number of nitrogens with zero attached hydrogens (tertiary/aromatic N) is 4. The Morgan fingerprint density at radius 3 is 2.87 bits per heavy atom. The van der Waals surface area contributed by atoms with Crippen LogP contribution in [0.15, 0.2) is 36.7 Å². The molecule has 3 aromatic rings. The zero-order valence-electron chi connectivity index (χ0n) is 17.4. The van der Waals surface area contributed by atoms with Crippen LogP contribution in [0.1, 0.15) is 25.3 Å². The van der Waals surface area contributed by atoms with Gasteiger partial charge in [-0.1, -0.05) is 26.0 Å². The van der Waals surface area contributed by atoms with E-state index >= 15 is 0 Å². The number of hydrogen-bond acceptors (Lipinski definition) is 6. The molecule has 0 aliphatic carbocycles. The minimum absolute atomic E-state index is 0.0823. The Labute approximate surface area is 179 Å². The molecular weight excluding hydrogens is 401 g/mol. The van der Waals surface area contributed by atoms with Gasteiger partial charge < -0.3 is 20.1 Å². The van der Waals surface area contributed by atoms with Crippen molar-refractivity contribution in [1.29, 1.82) is 0 Å². The van der Waals surface area contributed by atoms with Crippen LogP contribution in [-0.2, 0) is 4.74 Å². The van der Waals surface area contributed by atoms with Crippen LogP contribution in [0.2, 0.25) is 0 Å². The zero-order chi connectivity index (χ0) is 22.0. The Hall–Kier alpha value is -3.33. The number of benzene rings is 1. The first-order valence-electron chi connectivity index (χ1n) is 10.1. The number of morpholine rings is 1. The highest BCUT2D eigenvalue weighted by Crippen LogP contribution is 2.29. The Morgan fingerprint density at radius 2 is 2.13 bits per heavy atom. The minimum atomic E-state index is -0.489. The van der Waals surface area contributed by atoms with Gasteiger partial charge in [0.15, 0.2) is 5.52 Å². The monoisotopic (exact) mass is 425 g/mol. The molecule has 1 aliphatic heterocycles. The van der Waals surface area contributed by atoms with E-state index < -0.39 is 6.03 Å². The Kier molecular flexibility index (Phi) is 5.94. The van der Waals surface area contributed by atoms with Crippen LogP contribution in [0.25, 0.3) is 22.3 Å². The molecule has 0 unspecified atom stereocenters. The molecule has 1 aliphatic rings. The van der Waals surface area contributed by atoms with Crippen molar-refractivity contribution in [2.24, 2.45) is 5.73 Å². The van der Waals surface area contributed by atoms with Crippen LogP contribution in [0.4, 0.5) is 9.18 Å². The predicted octanol–water partition coefficient (Wildman–Crippen LogP) is 3.11. The van der Waals surface area contributed by atoms with Gasteiger partial charge in [0.05, 0.1) is 24.4 Å². The number of rotatable bonds is 5. The lowest BCUT2D eigenvalue weighted by Crippen LogP contribution is -2.49. The summed E-state index contributed by atoms with van der Waals surface area (Å²) in [5, 5.41) is 0. The van der Waals surface area contributed by atoms with Crippen LogP contribution in [0, 0.1) is 5.82 Å². The van der Waals surface area contributed by atoms with Crippen LogP contribution in [0.3, 0.4) is 0 Å². The molecule has 3 heterocycles. The second-order valence-corrected chi connectivity index (χ2v) is 7.72. The van der Waals surface area contributed by atoms with E-state index in [-0.39, 0.29) is 30.3 Å². The smallest absolute Gasteiger partial charge is 0.314 e. The number of amides is 2. The molecule has 4 rings (SSSR count). The van der Waals surface area contributed by atoms with Crippen LogP contribution >= 0.6 is 0 Å². The van der Waals surface area contributed by atoms with Crippen molar-refractivity contribution in [1.82, 2.24) is 19.9 Å². The van der Waals surface area contributed by atoms with E-state index in [4.69, 9.17) is 15.2 Å². The van der Waals surface area contributed by atoms with Gasteiger partial charge in [-0.2, -0.15) is 0 Å². The average molecular weight is 425 g/mol. The molecule has 2 N–H and O–H groups in total. The summed E-state index contributed by atoms with van der Waals surface area (Å²) in [4.78, 5) is 26.2. The van der Waals surface area contributed by atoms with Gasteiger partial charge in [-0.15, -0.1) is 0 Å². The van der Waals surface area contributed by atoms with Crippen LogP contribution in [0.5, 0.6) is 5.88 Å². The molecule has 0 saturated carbocycles. The number of hydrogen-bond donors (Lipinski definition) is 1. The number of urea groups is 1. The SMILES string of the molecule is CC(C)c1ccc(-c2cc3nccnc3c(OC[C@@H]3CN(C(N)=O)CCO3)n2)cc1F. The molecule has 0 spiro atoms. The number of aromatic nitrogens is 3. The van der Waals surface area contributed by atoms with Crippen LogP contribution in [-0.4, -0.2) is 58.3 Å². The maximum atomic E-state index is 14.5. The summed E-state index contributed by atoms with van der Waals surface area (Å²) in [6.07, 6.45) is 2.79. The van der Waals surface area contributed by atoms with Crippen molar-refractivity contribution in [2.45, 2.75) is 25.9 Å². The van der Waals surface area contributed by atoms with Crippen molar-refractivity contribution < 1.29 is 18.7 Å². The number of nitrogens with two attached hydrogens (primary N) is 1. The standard InChI is InChI=1S/C22H24FN5O3/c1-13(2)16-4-3-14(9-17(16)23)18-10-19-20(26-6-5-25-19)21(27-18)31-12-15-11-28(22(24)29)7-8-30-15/h3-6,9-10,13,15H,7-8,11-12H2,1-2H3,(H2,24,29)/t15-/m0/s1. The second kappa shape index (κ2) is 8.81. The predicted molar refractivity (Wildman–Crippen MR) is 113 cm³/mol. The van der Waals surface area contributed by atoms with Gasteiger partial charge in [0.25, 0.3) is 0 Å². The fraction of sp³-hybridized carbons (Fsp3) is 0.364. The lowest BCUT2D eigenvalue weighted by Gasteiger charge is -2.31. The summed E-state index contributed by atoms with van der Waals surface area (Å²) < 4.78 is 26.1. The summed E-state index contributed by atoms with van der Waals surface area (Å²) >= 11 is 0. The van der Waals surface area contributed by atoms with Gasteiger partial charge >= 0.3 is 6.03 Å². The van der Waals surface area contributed by atoms with E-state index in [1.807, 2.05) is 19.9 Å². The third kappa shape index (κ3) is 4.56.